The van der Waals surface area contributed by atoms with Crippen molar-refractivity contribution in [2.75, 3.05) is 44.5 Å². The first kappa shape index (κ1) is 18.6. The molecule has 28 heavy (non-hydrogen) atoms. The largest absolute Gasteiger partial charge is 0.493 e. The third-order valence-corrected chi connectivity index (χ3v) is 5.78. The molecule has 3 aromatic heterocycles. The maximum Gasteiger partial charge on any atom is 0.175 e. The van der Waals surface area contributed by atoms with E-state index < -0.39 is 0 Å². The molecule has 0 spiro atoms. The summed E-state index contributed by atoms with van der Waals surface area (Å²) in [5, 5.41) is 6.09. The van der Waals surface area contributed by atoms with Gasteiger partial charge in [-0.15, -0.1) is 11.3 Å². The second kappa shape index (κ2) is 8.12. The number of likely N-dealkylation sites (N-methyl/N-ethyl adjacent to an activating group) is 1. The molecule has 8 heteroatoms. The number of thiazole rings is 1. The fourth-order valence-corrected chi connectivity index (χ4v) is 3.94. The van der Waals surface area contributed by atoms with E-state index in [1.807, 2.05) is 29.8 Å². The maximum atomic E-state index is 5.45. The molecule has 1 saturated heterocycles. The molecule has 1 N–H and O–H groups in total. The highest BCUT2D eigenvalue weighted by molar-refractivity contribution is 7.13. The molecule has 0 aliphatic carbocycles. The lowest BCUT2D eigenvalue weighted by atomic mass is 10.2. The van der Waals surface area contributed by atoms with Gasteiger partial charge in [0, 0.05) is 30.7 Å². The molecule has 3 aromatic rings. The number of nitrogens with zero attached hydrogens (tertiary/aromatic N) is 5. The van der Waals surface area contributed by atoms with Crippen LogP contribution in [0.1, 0.15) is 6.42 Å². The molecule has 0 saturated carbocycles. The zero-order chi connectivity index (χ0) is 19.5. The number of ether oxygens (including phenoxy) is 1. The Morgan fingerprint density at radius 3 is 2.75 bits per heavy atom. The van der Waals surface area contributed by atoms with Crippen LogP contribution in [-0.2, 0) is 0 Å². The average molecular weight is 397 g/mol. The van der Waals surface area contributed by atoms with Crippen LogP contribution in [0, 0.1) is 0 Å². The zero-order valence-electron chi connectivity index (χ0n) is 16.3. The standard InChI is InChI=1S/C20H24N6OS/c1-25(2)15-8-10-26(13-15)14-4-7-18(22-12-14)24-19-17(27-3)6-5-16(23-19)20-21-9-11-28-20/h4-7,9,11-12,15H,8,10,13H2,1-3H3,(H,22,23,24). The van der Waals surface area contributed by atoms with E-state index in [1.165, 1.54) is 6.42 Å². The fraction of sp³-hybridized carbons (Fsp3) is 0.350. The molecular weight excluding hydrogens is 372 g/mol. The van der Waals surface area contributed by atoms with Gasteiger partial charge in [-0.1, -0.05) is 0 Å². The summed E-state index contributed by atoms with van der Waals surface area (Å²) in [6.07, 6.45) is 4.87. The summed E-state index contributed by atoms with van der Waals surface area (Å²) in [7, 11) is 5.91. The van der Waals surface area contributed by atoms with Crippen molar-refractivity contribution in [1.29, 1.82) is 0 Å². The number of rotatable bonds is 6. The molecule has 1 atom stereocenters. The van der Waals surface area contributed by atoms with E-state index in [9.17, 15) is 0 Å². The number of hydrogen-bond donors (Lipinski definition) is 1. The van der Waals surface area contributed by atoms with Gasteiger partial charge in [0.2, 0.25) is 0 Å². The van der Waals surface area contributed by atoms with Gasteiger partial charge in [-0.05, 0) is 44.8 Å². The van der Waals surface area contributed by atoms with E-state index in [1.54, 1.807) is 24.6 Å². The quantitative estimate of drug-likeness (QED) is 0.684. The molecule has 146 valence electrons. The van der Waals surface area contributed by atoms with Gasteiger partial charge in [0.05, 0.1) is 19.0 Å². The van der Waals surface area contributed by atoms with Gasteiger partial charge in [-0.25, -0.2) is 15.0 Å². The molecule has 0 amide bonds. The summed E-state index contributed by atoms with van der Waals surface area (Å²) < 4.78 is 5.45. The van der Waals surface area contributed by atoms with Crippen LogP contribution >= 0.6 is 11.3 Å². The number of aromatic nitrogens is 3. The van der Waals surface area contributed by atoms with Crippen molar-refractivity contribution in [3.05, 3.63) is 42.0 Å². The average Bonchev–Trinajstić information content (AvgIpc) is 3.41. The minimum absolute atomic E-state index is 0.597. The van der Waals surface area contributed by atoms with E-state index in [4.69, 9.17) is 4.74 Å². The maximum absolute atomic E-state index is 5.45. The Kier molecular flexibility index (Phi) is 5.40. The molecule has 1 aliphatic rings. The smallest absolute Gasteiger partial charge is 0.175 e. The van der Waals surface area contributed by atoms with Crippen LogP contribution in [0.25, 0.3) is 10.7 Å². The molecule has 0 radical (unpaired) electrons. The van der Waals surface area contributed by atoms with Gasteiger partial charge in [0.25, 0.3) is 0 Å². The Morgan fingerprint density at radius 1 is 1.21 bits per heavy atom. The molecule has 1 fully saturated rings. The monoisotopic (exact) mass is 396 g/mol. The third kappa shape index (κ3) is 3.93. The van der Waals surface area contributed by atoms with Gasteiger partial charge >= 0.3 is 0 Å². The minimum atomic E-state index is 0.597. The van der Waals surface area contributed by atoms with Crippen LogP contribution in [0.2, 0.25) is 0 Å². The first-order valence-corrected chi connectivity index (χ1v) is 10.1. The van der Waals surface area contributed by atoms with E-state index in [0.717, 1.165) is 35.3 Å². The van der Waals surface area contributed by atoms with E-state index in [-0.39, 0.29) is 0 Å². The number of methoxy groups -OCH3 is 1. The number of anilines is 3. The first-order valence-electron chi connectivity index (χ1n) is 9.23. The van der Waals surface area contributed by atoms with Gasteiger partial charge in [-0.3, -0.25) is 0 Å². The molecule has 1 unspecified atom stereocenters. The normalized spacial score (nSPS) is 16.6. The summed E-state index contributed by atoms with van der Waals surface area (Å²) in [5.41, 5.74) is 1.95. The molecule has 4 heterocycles. The third-order valence-electron chi connectivity index (χ3n) is 4.98. The number of nitrogens with one attached hydrogen (secondary N) is 1. The van der Waals surface area contributed by atoms with E-state index in [0.29, 0.717) is 17.6 Å². The van der Waals surface area contributed by atoms with Crippen LogP contribution in [-0.4, -0.2) is 60.2 Å². The Balaban J connectivity index is 1.51. The van der Waals surface area contributed by atoms with Crippen LogP contribution in [0.5, 0.6) is 5.75 Å². The molecule has 1 aliphatic heterocycles. The predicted molar refractivity (Wildman–Crippen MR) is 114 cm³/mol. The number of pyridine rings is 2. The Hall–Kier alpha value is -2.71. The highest BCUT2D eigenvalue weighted by Crippen LogP contribution is 2.30. The Morgan fingerprint density at radius 2 is 2.11 bits per heavy atom. The van der Waals surface area contributed by atoms with Crippen molar-refractivity contribution in [2.24, 2.45) is 0 Å². The van der Waals surface area contributed by atoms with Crippen molar-refractivity contribution in [1.82, 2.24) is 19.9 Å². The predicted octanol–water partition coefficient (Wildman–Crippen LogP) is 3.49. The highest BCUT2D eigenvalue weighted by Gasteiger charge is 2.24. The first-order chi connectivity index (χ1) is 13.6. The van der Waals surface area contributed by atoms with Gasteiger partial charge in [-0.2, -0.15) is 0 Å². The highest BCUT2D eigenvalue weighted by atomic mass is 32.1. The lowest BCUT2D eigenvalue weighted by Gasteiger charge is -2.21. The second-order valence-electron chi connectivity index (χ2n) is 6.96. The summed E-state index contributed by atoms with van der Waals surface area (Å²) in [4.78, 5) is 18.2. The van der Waals surface area contributed by atoms with Crippen molar-refractivity contribution in [3.8, 4) is 16.5 Å². The van der Waals surface area contributed by atoms with Gasteiger partial charge in [0.1, 0.15) is 16.5 Å². The Bertz CT molecular complexity index is 913. The lowest BCUT2D eigenvalue weighted by Crippen LogP contribution is -2.31. The summed E-state index contributed by atoms with van der Waals surface area (Å²) in [6.45, 7) is 2.09. The minimum Gasteiger partial charge on any atom is -0.493 e. The van der Waals surface area contributed by atoms with Crippen molar-refractivity contribution < 1.29 is 4.74 Å². The van der Waals surface area contributed by atoms with E-state index >= 15 is 0 Å². The number of hydrogen-bond acceptors (Lipinski definition) is 8. The molecule has 4 rings (SSSR count). The molecule has 0 bridgehead atoms. The summed E-state index contributed by atoms with van der Waals surface area (Å²) in [6, 6.07) is 8.49. The molecule has 7 nitrogen and oxygen atoms in total. The molecule has 0 aromatic carbocycles. The fourth-order valence-electron chi connectivity index (χ4n) is 3.34. The van der Waals surface area contributed by atoms with Gasteiger partial charge < -0.3 is 19.9 Å². The van der Waals surface area contributed by atoms with Gasteiger partial charge in [0.15, 0.2) is 11.6 Å². The topological polar surface area (TPSA) is 66.4 Å². The van der Waals surface area contributed by atoms with Crippen molar-refractivity contribution >= 4 is 28.7 Å². The molecular formula is C20H24N6OS. The van der Waals surface area contributed by atoms with Crippen LogP contribution < -0.4 is 15.0 Å². The van der Waals surface area contributed by atoms with Crippen molar-refractivity contribution in [2.45, 2.75) is 12.5 Å². The summed E-state index contributed by atoms with van der Waals surface area (Å²) >= 11 is 1.56. The van der Waals surface area contributed by atoms with Crippen LogP contribution in [0.4, 0.5) is 17.3 Å². The SMILES string of the molecule is COc1ccc(-c2nccs2)nc1Nc1ccc(N2CCC(N(C)C)C2)cn1. The van der Waals surface area contributed by atoms with Crippen LogP contribution in [0.3, 0.4) is 0 Å². The zero-order valence-corrected chi connectivity index (χ0v) is 17.1. The Labute approximate surface area is 169 Å². The lowest BCUT2D eigenvalue weighted by molar-refractivity contribution is 0.315. The summed E-state index contributed by atoms with van der Waals surface area (Å²) in [5.74, 6) is 2.03. The van der Waals surface area contributed by atoms with Crippen LogP contribution in [0.15, 0.2) is 42.0 Å². The van der Waals surface area contributed by atoms with Crippen molar-refractivity contribution in [3.63, 3.8) is 0 Å². The van der Waals surface area contributed by atoms with E-state index in [2.05, 4.69) is 50.2 Å². The second-order valence-corrected chi connectivity index (χ2v) is 7.86.